The van der Waals surface area contributed by atoms with Crippen molar-refractivity contribution in [2.45, 2.75) is 57.6 Å². The third-order valence-electron chi connectivity index (χ3n) is 5.74. The molecule has 1 N–H and O–H groups in total. The molecule has 1 aliphatic heterocycles. The Hall–Kier alpha value is -1.64. The van der Waals surface area contributed by atoms with E-state index in [1.54, 1.807) is 0 Å². The average Bonchev–Trinajstić information content (AvgIpc) is 2.65. The van der Waals surface area contributed by atoms with Crippen LogP contribution in [-0.4, -0.2) is 18.8 Å². The summed E-state index contributed by atoms with van der Waals surface area (Å²) in [6, 6.07) is 22.2. The minimum absolute atomic E-state index is 0.000700. The van der Waals surface area contributed by atoms with Gasteiger partial charge in [-0.3, -0.25) is 0 Å². The molecule has 1 fully saturated rings. The maximum atomic E-state index is 5.97. The van der Waals surface area contributed by atoms with Crippen molar-refractivity contribution in [3.63, 3.8) is 0 Å². The van der Waals surface area contributed by atoms with Gasteiger partial charge in [-0.25, -0.2) is 0 Å². The van der Waals surface area contributed by atoms with Crippen LogP contribution in [0, 0.1) is 5.92 Å². The summed E-state index contributed by atoms with van der Waals surface area (Å²) in [6.45, 7) is 8.64. The van der Waals surface area contributed by atoms with Gasteiger partial charge in [-0.1, -0.05) is 60.7 Å². The standard InChI is InChI=1S/C24H33NO/c1-19(20-10-6-4-7-11-20)25-16-14-23(21-12-8-5-9-13-21)22-15-17-26-24(2,3)18-22/h4-13,19,22-23,25H,14-18H2,1-3H3/t19-,22-,23-/m0/s1. The Bertz CT molecular complexity index is 652. The summed E-state index contributed by atoms with van der Waals surface area (Å²) >= 11 is 0. The lowest BCUT2D eigenvalue weighted by Gasteiger charge is -2.39. The fourth-order valence-electron chi connectivity index (χ4n) is 4.31. The third kappa shape index (κ3) is 5.18. The molecule has 26 heavy (non-hydrogen) atoms. The summed E-state index contributed by atoms with van der Waals surface area (Å²) in [5.41, 5.74) is 2.83. The van der Waals surface area contributed by atoms with E-state index in [1.807, 2.05) is 0 Å². The largest absolute Gasteiger partial charge is 0.376 e. The Labute approximate surface area is 159 Å². The fourth-order valence-corrected chi connectivity index (χ4v) is 4.31. The van der Waals surface area contributed by atoms with Crippen LogP contribution >= 0.6 is 0 Å². The lowest BCUT2D eigenvalue weighted by atomic mass is 9.75. The van der Waals surface area contributed by atoms with Crippen molar-refractivity contribution >= 4 is 0 Å². The maximum Gasteiger partial charge on any atom is 0.0629 e. The molecule has 140 valence electrons. The molecule has 0 saturated carbocycles. The van der Waals surface area contributed by atoms with Crippen LogP contribution in [0.15, 0.2) is 60.7 Å². The number of ether oxygens (including phenoxy) is 1. The molecule has 3 rings (SSSR count). The fraction of sp³-hybridized carbons (Fsp3) is 0.500. The Kier molecular flexibility index (Phi) is 6.50. The lowest BCUT2D eigenvalue weighted by molar-refractivity contribution is -0.0772. The van der Waals surface area contributed by atoms with Gasteiger partial charge >= 0.3 is 0 Å². The van der Waals surface area contributed by atoms with Gasteiger partial charge in [-0.2, -0.15) is 0 Å². The maximum absolute atomic E-state index is 5.97. The number of nitrogens with one attached hydrogen (secondary N) is 1. The Morgan fingerprint density at radius 3 is 2.23 bits per heavy atom. The quantitative estimate of drug-likeness (QED) is 0.689. The molecule has 0 radical (unpaired) electrons. The van der Waals surface area contributed by atoms with Gasteiger partial charge in [0.2, 0.25) is 0 Å². The van der Waals surface area contributed by atoms with E-state index in [2.05, 4.69) is 86.8 Å². The van der Waals surface area contributed by atoms with Crippen LogP contribution in [0.1, 0.15) is 63.1 Å². The van der Waals surface area contributed by atoms with E-state index < -0.39 is 0 Å². The smallest absolute Gasteiger partial charge is 0.0629 e. The predicted octanol–water partition coefficient (Wildman–Crippen LogP) is 5.72. The highest BCUT2D eigenvalue weighted by molar-refractivity contribution is 5.21. The summed E-state index contributed by atoms with van der Waals surface area (Å²) in [6.07, 6.45) is 3.47. The van der Waals surface area contributed by atoms with E-state index in [4.69, 9.17) is 4.74 Å². The topological polar surface area (TPSA) is 21.3 Å². The van der Waals surface area contributed by atoms with Crippen molar-refractivity contribution in [2.24, 2.45) is 5.92 Å². The molecule has 2 aromatic rings. The van der Waals surface area contributed by atoms with Crippen molar-refractivity contribution in [3.05, 3.63) is 71.8 Å². The summed E-state index contributed by atoms with van der Waals surface area (Å²) in [5, 5.41) is 3.73. The van der Waals surface area contributed by atoms with Crippen LogP contribution in [-0.2, 0) is 4.74 Å². The van der Waals surface area contributed by atoms with Gasteiger partial charge in [0.1, 0.15) is 0 Å². The van der Waals surface area contributed by atoms with E-state index in [0.29, 0.717) is 17.9 Å². The average molecular weight is 352 g/mol. The van der Waals surface area contributed by atoms with E-state index in [1.165, 1.54) is 17.5 Å². The molecule has 1 heterocycles. The molecular formula is C24H33NO. The van der Waals surface area contributed by atoms with Gasteiger partial charge in [0.25, 0.3) is 0 Å². The van der Waals surface area contributed by atoms with Crippen LogP contribution in [0.5, 0.6) is 0 Å². The molecule has 3 atom stereocenters. The van der Waals surface area contributed by atoms with E-state index in [9.17, 15) is 0 Å². The highest BCUT2D eigenvalue weighted by Gasteiger charge is 2.33. The van der Waals surface area contributed by atoms with Crippen LogP contribution in [0.3, 0.4) is 0 Å². The zero-order chi connectivity index (χ0) is 18.4. The van der Waals surface area contributed by atoms with Crippen molar-refractivity contribution in [1.82, 2.24) is 5.32 Å². The summed E-state index contributed by atoms with van der Waals surface area (Å²) in [4.78, 5) is 0. The Morgan fingerprint density at radius 2 is 1.62 bits per heavy atom. The molecule has 0 unspecified atom stereocenters. The molecule has 0 aromatic heterocycles. The monoisotopic (exact) mass is 351 g/mol. The van der Waals surface area contributed by atoms with Gasteiger partial charge in [0.05, 0.1) is 5.60 Å². The number of rotatable bonds is 7. The first kappa shape index (κ1) is 19.1. The van der Waals surface area contributed by atoms with Crippen LogP contribution in [0.4, 0.5) is 0 Å². The first-order chi connectivity index (χ1) is 12.6. The van der Waals surface area contributed by atoms with Gasteiger partial charge in [0, 0.05) is 12.6 Å². The van der Waals surface area contributed by atoms with Crippen LogP contribution < -0.4 is 5.32 Å². The number of hydrogen-bond acceptors (Lipinski definition) is 2. The first-order valence-corrected chi connectivity index (χ1v) is 10.0. The van der Waals surface area contributed by atoms with Gasteiger partial charge < -0.3 is 10.1 Å². The second kappa shape index (κ2) is 8.83. The van der Waals surface area contributed by atoms with Gasteiger partial charge in [0.15, 0.2) is 0 Å². The summed E-state index contributed by atoms with van der Waals surface area (Å²) in [7, 11) is 0. The van der Waals surface area contributed by atoms with E-state index >= 15 is 0 Å². The molecular weight excluding hydrogens is 318 g/mol. The molecule has 2 aromatic carbocycles. The van der Waals surface area contributed by atoms with Crippen molar-refractivity contribution in [3.8, 4) is 0 Å². The van der Waals surface area contributed by atoms with E-state index in [-0.39, 0.29) is 5.60 Å². The van der Waals surface area contributed by atoms with Crippen LogP contribution in [0.2, 0.25) is 0 Å². The number of benzene rings is 2. The SMILES string of the molecule is C[C@H](NCC[C@@H](c1ccccc1)[C@H]1CCOC(C)(C)C1)c1ccccc1. The lowest BCUT2D eigenvalue weighted by Crippen LogP contribution is -2.37. The zero-order valence-electron chi connectivity index (χ0n) is 16.4. The van der Waals surface area contributed by atoms with Gasteiger partial charge in [-0.15, -0.1) is 0 Å². The highest BCUT2D eigenvalue weighted by Crippen LogP contribution is 2.39. The minimum Gasteiger partial charge on any atom is -0.376 e. The number of hydrogen-bond donors (Lipinski definition) is 1. The van der Waals surface area contributed by atoms with Gasteiger partial charge in [-0.05, 0) is 69.5 Å². The molecule has 1 saturated heterocycles. The second-order valence-corrected chi connectivity index (χ2v) is 8.25. The molecule has 0 spiro atoms. The zero-order valence-corrected chi connectivity index (χ0v) is 16.4. The third-order valence-corrected chi connectivity index (χ3v) is 5.74. The molecule has 2 nitrogen and oxygen atoms in total. The second-order valence-electron chi connectivity index (χ2n) is 8.25. The van der Waals surface area contributed by atoms with Crippen molar-refractivity contribution in [1.29, 1.82) is 0 Å². The molecule has 1 aliphatic rings. The summed E-state index contributed by atoms with van der Waals surface area (Å²) in [5.74, 6) is 1.28. The minimum atomic E-state index is 0.000700. The van der Waals surface area contributed by atoms with Crippen molar-refractivity contribution < 1.29 is 4.74 Å². The predicted molar refractivity (Wildman–Crippen MR) is 109 cm³/mol. The Balaban J connectivity index is 1.64. The molecule has 0 aliphatic carbocycles. The van der Waals surface area contributed by atoms with Crippen molar-refractivity contribution in [2.75, 3.05) is 13.2 Å². The normalized spacial score (nSPS) is 21.9. The molecule has 2 heteroatoms. The first-order valence-electron chi connectivity index (χ1n) is 10.0. The van der Waals surface area contributed by atoms with Crippen LogP contribution in [0.25, 0.3) is 0 Å². The summed E-state index contributed by atoms with van der Waals surface area (Å²) < 4.78 is 5.97. The Morgan fingerprint density at radius 1 is 1.00 bits per heavy atom. The van der Waals surface area contributed by atoms with E-state index in [0.717, 1.165) is 26.0 Å². The molecule has 0 amide bonds. The molecule has 0 bridgehead atoms. The highest BCUT2D eigenvalue weighted by atomic mass is 16.5.